The first-order chi connectivity index (χ1) is 10.8. The van der Waals surface area contributed by atoms with E-state index in [0.717, 1.165) is 0 Å². The lowest BCUT2D eigenvalue weighted by Crippen LogP contribution is -2.34. The number of hydrogen-bond acceptors (Lipinski definition) is 5. The highest BCUT2D eigenvalue weighted by Crippen LogP contribution is 2.14. The number of rotatable bonds is 6. The van der Waals surface area contributed by atoms with Gasteiger partial charge in [-0.15, -0.1) is 12.4 Å². The van der Waals surface area contributed by atoms with Crippen molar-refractivity contribution in [2.24, 2.45) is 5.92 Å². The standard InChI is InChI=1S/C14H18F2N2O4S.ClH/c15-14(16)23(21,22)8-9-1-3-10(4-2-9)13(20)18-6-11-5-17-7-12(11)19;/h1-4,11-12,14,17,19H,5-8H2,(H,18,20);1H. The van der Waals surface area contributed by atoms with E-state index in [1.165, 1.54) is 24.3 Å². The van der Waals surface area contributed by atoms with Crippen molar-refractivity contribution >= 4 is 28.2 Å². The molecule has 1 amide bonds. The minimum absolute atomic E-state index is 0. The summed E-state index contributed by atoms with van der Waals surface area (Å²) in [6, 6.07) is 5.44. The van der Waals surface area contributed by atoms with Crippen molar-refractivity contribution in [3.05, 3.63) is 35.4 Å². The molecule has 0 bridgehead atoms. The number of nitrogens with one attached hydrogen (secondary N) is 2. The van der Waals surface area contributed by atoms with Crippen LogP contribution in [0.3, 0.4) is 0 Å². The third-order valence-corrected chi connectivity index (χ3v) is 4.96. The fourth-order valence-corrected chi connectivity index (χ4v) is 3.08. The van der Waals surface area contributed by atoms with Gasteiger partial charge in [0.2, 0.25) is 9.84 Å². The van der Waals surface area contributed by atoms with Gasteiger partial charge in [0.25, 0.3) is 5.91 Å². The van der Waals surface area contributed by atoms with Gasteiger partial charge in [0.15, 0.2) is 0 Å². The van der Waals surface area contributed by atoms with Crippen molar-refractivity contribution in [3.8, 4) is 0 Å². The predicted octanol–water partition coefficient (Wildman–Crippen LogP) is 0.556. The fourth-order valence-electron chi connectivity index (χ4n) is 2.30. The molecule has 0 aromatic heterocycles. The monoisotopic (exact) mass is 384 g/mol. The quantitative estimate of drug-likeness (QED) is 0.666. The molecule has 1 aliphatic rings. The maximum absolute atomic E-state index is 12.3. The van der Waals surface area contributed by atoms with E-state index in [1.54, 1.807) is 0 Å². The highest BCUT2D eigenvalue weighted by molar-refractivity contribution is 7.90. The molecule has 0 radical (unpaired) electrons. The number of carbonyl (C=O) groups is 1. The summed E-state index contributed by atoms with van der Waals surface area (Å²) in [6.07, 6.45) is -0.503. The summed E-state index contributed by atoms with van der Waals surface area (Å²) in [6.45, 7) is 1.42. The summed E-state index contributed by atoms with van der Waals surface area (Å²) in [5.74, 6) is -4.62. The highest BCUT2D eigenvalue weighted by Gasteiger charge is 2.26. The maximum atomic E-state index is 12.3. The number of amides is 1. The Hall–Kier alpha value is -1.29. The number of sulfone groups is 1. The zero-order valence-corrected chi connectivity index (χ0v) is 14.2. The predicted molar refractivity (Wildman–Crippen MR) is 87.0 cm³/mol. The van der Waals surface area contributed by atoms with Crippen LogP contribution in [0.4, 0.5) is 8.78 Å². The molecule has 10 heteroatoms. The van der Waals surface area contributed by atoms with Crippen LogP contribution in [0.25, 0.3) is 0 Å². The lowest BCUT2D eigenvalue weighted by molar-refractivity contribution is 0.0927. The molecule has 2 atom stereocenters. The van der Waals surface area contributed by atoms with E-state index in [0.29, 0.717) is 25.2 Å². The topological polar surface area (TPSA) is 95.5 Å². The van der Waals surface area contributed by atoms with E-state index >= 15 is 0 Å². The van der Waals surface area contributed by atoms with Crippen LogP contribution in [0.2, 0.25) is 0 Å². The first-order valence-electron chi connectivity index (χ1n) is 7.05. The lowest BCUT2D eigenvalue weighted by atomic mass is 10.1. The van der Waals surface area contributed by atoms with Crippen molar-refractivity contribution in [1.82, 2.24) is 10.6 Å². The molecular weight excluding hydrogens is 366 g/mol. The average Bonchev–Trinajstić information content (AvgIpc) is 2.90. The van der Waals surface area contributed by atoms with Crippen molar-refractivity contribution in [1.29, 1.82) is 0 Å². The van der Waals surface area contributed by atoms with Crippen molar-refractivity contribution < 1.29 is 27.1 Å². The first-order valence-corrected chi connectivity index (χ1v) is 8.77. The summed E-state index contributed by atoms with van der Waals surface area (Å²) in [7, 11) is -4.48. The SMILES string of the molecule is Cl.O=C(NCC1CNCC1O)c1ccc(CS(=O)(=O)C(F)F)cc1. The summed E-state index contributed by atoms with van der Waals surface area (Å²) in [5, 5.41) is 15.3. The van der Waals surface area contributed by atoms with Gasteiger partial charge in [0.1, 0.15) is 0 Å². The zero-order valence-electron chi connectivity index (χ0n) is 12.6. The molecule has 0 aliphatic carbocycles. The number of hydrogen-bond donors (Lipinski definition) is 3. The van der Waals surface area contributed by atoms with Gasteiger partial charge in [0, 0.05) is 31.1 Å². The van der Waals surface area contributed by atoms with E-state index in [4.69, 9.17) is 0 Å². The third-order valence-electron chi connectivity index (χ3n) is 3.68. The smallest absolute Gasteiger partial charge is 0.337 e. The number of alkyl halides is 2. The van der Waals surface area contributed by atoms with Gasteiger partial charge < -0.3 is 15.7 Å². The molecule has 24 heavy (non-hydrogen) atoms. The molecule has 1 saturated heterocycles. The molecule has 1 aromatic rings. The summed E-state index contributed by atoms with van der Waals surface area (Å²) in [4.78, 5) is 12.0. The second kappa shape index (κ2) is 8.70. The first kappa shape index (κ1) is 20.8. The van der Waals surface area contributed by atoms with E-state index in [-0.39, 0.29) is 29.8 Å². The Morgan fingerprint density at radius 2 is 1.92 bits per heavy atom. The van der Waals surface area contributed by atoms with Gasteiger partial charge in [-0.2, -0.15) is 8.78 Å². The van der Waals surface area contributed by atoms with Gasteiger partial charge in [-0.1, -0.05) is 12.1 Å². The number of carbonyl (C=O) groups excluding carboxylic acids is 1. The van der Waals surface area contributed by atoms with E-state index in [9.17, 15) is 27.1 Å². The summed E-state index contributed by atoms with van der Waals surface area (Å²) in [5.41, 5.74) is 0.487. The number of β-amino-alcohol motifs (C(OH)–C–C–N with tert-alkyl or cyclic N) is 1. The van der Waals surface area contributed by atoms with Gasteiger partial charge in [-0.05, 0) is 17.7 Å². The van der Waals surface area contributed by atoms with Crippen LogP contribution in [0.1, 0.15) is 15.9 Å². The van der Waals surface area contributed by atoms with Crippen LogP contribution < -0.4 is 10.6 Å². The third kappa shape index (κ3) is 5.37. The van der Waals surface area contributed by atoms with Crippen LogP contribution >= 0.6 is 12.4 Å². The Morgan fingerprint density at radius 3 is 2.42 bits per heavy atom. The van der Waals surface area contributed by atoms with Gasteiger partial charge in [0.05, 0.1) is 11.9 Å². The van der Waals surface area contributed by atoms with Gasteiger partial charge in [-0.25, -0.2) is 8.42 Å². The fraction of sp³-hybridized carbons (Fsp3) is 0.500. The highest BCUT2D eigenvalue weighted by atomic mass is 35.5. The molecule has 0 saturated carbocycles. The van der Waals surface area contributed by atoms with E-state index in [2.05, 4.69) is 10.6 Å². The Bertz CT molecular complexity index is 655. The Balaban J connectivity index is 0.00000288. The minimum atomic E-state index is -4.48. The van der Waals surface area contributed by atoms with Crippen molar-refractivity contribution in [2.75, 3.05) is 19.6 Å². The molecule has 3 N–H and O–H groups in total. The normalized spacial score (nSPS) is 20.7. The molecule has 1 aliphatic heterocycles. The van der Waals surface area contributed by atoms with Crippen LogP contribution in [-0.2, 0) is 15.6 Å². The second-order valence-corrected chi connectivity index (χ2v) is 7.43. The zero-order chi connectivity index (χ0) is 17.0. The van der Waals surface area contributed by atoms with Crippen LogP contribution in [0.15, 0.2) is 24.3 Å². The molecule has 2 unspecified atom stereocenters. The number of aliphatic hydroxyl groups excluding tert-OH is 1. The van der Waals surface area contributed by atoms with Crippen molar-refractivity contribution in [3.63, 3.8) is 0 Å². The molecule has 2 rings (SSSR count). The molecule has 1 aromatic carbocycles. The molecular formula is C14H19ClF2N2O4S. The van der Waals surface area contributed by atoms with Crippen LogP contribution in [0, 0.1) is 5.92 Å². The summed E-state index contributed by atoms with van der Waals surface area (Å²) < 4.78 is 46.9. The molecule has 136 valence electrons. The lowest BCUT2D eigenvalue weighted by Gasteiger charge is -2.14. The molecule has 0 spiro atoms. The Labute approximate surface area is 145 Å². The molecule has 6 nitrogen and oxygen atoms in total. The Kier molecular flexibility index (Phi) is 7.53. The Morgan fingerprint density at radius 1 is 1.29 bits per heavy atom. The largest absolute Gasteiger partial charge is 0.391 e. The van der Waals surface area contributed by atoms with Crippen LogP contribution in [0.5, 0.6) is 0 Å². The maximum Gasteiger partial charge on any atom is 0.337 e. The summed E-state index contributed by atoms with van der Waals surface area (Å²) >= 11 is 0. The number of aliphatic hydroxyl groups is 1. The van der Waals surface area contributed by atoms with E-state index < -0.39 is 27.5 Å². The molecule has 1 heterocycles. The molecule has 1 fully saturated rings. The second-order valence-electron chi connectivity index (χ2n) is 5.46. The van der Waals surface area contributed by atoms with Gasteiger partial charge >= 0.3 is 5.76 Å². The minimum Gasteiger partial charge on any atom is -0.391 e. The van der Waals surface area contributed by atoms with E-state index in [1.807, 2.05) is 0 Å². The number of halogens is 3. The van der Waals surface area contributed by atoms with Crippen LogP contribution in [-0.4, -0.2) is 50.9 Å². The van der Waals surface area contributed by atoms with Crippen molar-refractivity contribution in [2.45, 2.75) is 17.6 Å². The van der Waals surface area contributed by atoms with Gasteiger partial charge in [-0.3, -0.25) is 4.79 Å². The average molecular weight is 385 g/mol. The number of benzene rings is 1.